The number of rotatable bonds is 6. The second-order valence-electron chi connectivity index (χ2n) is 4.59. The molecule has 1 atom stereocenters. The van der Waals surface area contributed by atoms with Crippen LogP contribution in [0.3, 0.4) is 0 Å². The minimum absolute atomic E-state index is 0. The lowest BCUT2D eigenvalue weighted by atomic mass is 10.0. The van der Waals surface area contributed by atoms with E-state index in [4.69, 9.17) is 0 Å². The van der Waals surface area contributed by atoms with Gasteiger partial charge in [-0.15, -0.1) is 24.8 Å². The monoisotopic (exact) mass is 270 g/mol. The second-order valence-corrected chi connectivity index (χ2v) is 4.59. The molecule has 16 heavy (non-hydrogen) atoms. The van der Waals surface area contributed by atoms with Crippen LogP contribution in [0.1, 0.15) is 45.4 Å². The Morgan fingerprint density at radius 2 is 1.94 bits per heavy atom. The van der Waals surface area contributed by atoms with E-state index in [1.807, 2.05) is 0 Å². The molecule has 1 fully saturated rings. The summed E-state index contributed by atoms with van der Waals surface area (Å²) in [6.07, 6.45) is 8.18. The van der Waals surface area contributed by atoms with Crippen LogP contribution in [0.25, 0.3) is 0 Å². The molecular formula is C12H28Cl2N2. The molecule has 0 aromatic heterocycles. The van der Waals surface area contributed by atoms with Gasteiger partial charge in [0.1, 0.15) is 0 Å². The fraction of sp³-hybridized carbons (Fsp3) is 1.00. The SMILES string of the molecule is CCCCN(C)CCC1CCCCN1.Cl.Cl. The maximum Gasteiger partial charge on any atom is 0.00792 e. The van der Waals surface area contributed by atoms with Crippen LogP contribution in [0, 0.1) is 0 Å². The molecular weight excluding hydrogens is 243 g/mol. The number of nitrogens with one attached hydrogen (secondary N) is 1. The highest BCUT2D eigenvalue weighted by molar-refractivity contribution is 5.85. The molecule has 0 radical (unpaired) electrons. The molecule has 1 aliphatic heterocycles. The largest absolute Gasteiger partial charge is 0.314 e. The smallest absolute Gasteiger partial charge is 0.00792 e. The van der Waals surface area contributed by atoms with Crippen LogP contribution in [0.5, 0.6) is 0 Å². The zero-order valence-corrected chi connectivity index (χ0v) is 12.3. The second kappa shape index (κ2) is 12.0. The van der Waals surface area contributed by atoms with Crippen LogP contribution in [0.4, 0.5) is 0 Å². The Morgan fingerprint density at radius 1 is 1.19 bits per heavy atom. The summed E-state index contributed by atoms with van der Waals surface area (Å²) in [4.78, 5) is 2.47. The molecule has 2 nitrogen and oxygen atoms in total. The zero-order valence-electron chi connectivity index (χ0n) is 10.7. The molecule has 1 saturated heterocycles. The van der Waals surface area contributed by atoms with Gasteiger partial charge in [-0.1, -0.05) is 19.8 Å². The molecule has 1 aliphatic rings. The summed E-state index contributed by atoms with van der Waals surface area (Å²) in [6.45, 7) is 6.03. The van der Waals surface area contributed by atoms with E-state index in [9.17, 15) is 0 Å². The minimum Gasteiger partial charge on any atom is -0.314 e. The van der Waals surface area contributed by atoms with Crippen LogP contribution in [-0.2, 0) is 0 Å². The quantitative estimate of drug-likeness (QED) is 0.798. The maximum atomic E-state index is 3.60. The first-order chi connectivity index (χ1) is 6.83. The van der Waals surface area contributed by atoms with Gasteiger partial charge in [0.05, 0.1) is 0 Å². The number of halogens is 2. The molecule has 0 aliphatic carbocycles. The molecule has 4 heteroatoms. The van der Waals surface area contributed by atoms with Crippen molar-refractivity contribution in [3.63, 3.8) is 0 Å². The predicted octanol–water partition coefficient (Wildman–Crippen LogP) is 3.09. The lowest BCUT2D eigenvalue weighted by Crippen LogP contribution is -2.36. The Bertz CT molecular complexity index is 139. The third-order valence-corrected chi connectivity index (χ3v) is 3.17. The zero-order chi connectivity index (χ0) is 10.2. The Morgan fingerprint density at radius 3 is 2.50 bits per heavy atom. The molecule has 0 spiro atoms. The fourth-order valence-corrected chi connectivity index (χ4v) is 2.09. The number of hydrogen-bond acceptors (Lipinski definition) is 2. The Kier molecular flexibility index (Phi) is 14.1. The fourth-order valence-electron chi connectivity index (χ4n) is 2.09. The van der Waals surface area contributed by atoms with Crippen LogP contribution >= 0.6 is 24.8 Å². The van der Waals surface area contributed by atoms with Gasteiger partial charge in [0.25, 0.3) is 0 Å². The van der Waals surface area contributed by atoms with E-state index < -0.39 is 0 Å². The third kappa shape index (κ3) is 8.63. The molecule has 0 amide bonds. The summed E-state index contributed by atoms with van der Waals surface area (Å²) in [5, 5.41) is 3.60. The van der Waals surface area contributed by atoms with Gasteiger partial charge in [0, 0.05) is 6.04 Å². The van der Waals surface area contributed by atoms with Crippen LogP contribution in [0.2, 0.25) is 0 Å². The Labute approximate surface area is 113 Å². The topological polar surface area (TPSA) is 15.3 Å². The normalized spacial score (nSPS) is 20.1. The van der Waals surface area contributed by atoms with E-state index in [-0.39, 0.29) is 24.8 Å². The molecule has 1 unspecified atom stereocenters. The van der Waals surface area contributed by atoms with Crippen molar-refractivity contribution in [3.05, 3.63) is 0 Å². The Hall–Kier alpha value is 0.500. The van der Waals surface area contributed by atoms with E-state index in [1.165, 1.54) is 58.2 Å². The van der Waals surface area contributed by atoms with Crippen molar-refractivity contribution in [3.8, 4) is 0 Å². The summed E-state index contributed by atoms with van der Waals surface area (Å²) in [5.74, 6) is 0. The summed E-state index contributed by atoms with van der Waals surface area (Å²) < 4.78 is 0. The van der Waals surface area contributed by atoms with Crippen molar-refractivity contribution in [1.82, 2.24) is 10.2 Å². The standard InChI is InChI=1S/C12H26N2.2ClH/c1-3-4-10-14(2)11-8-12-7-5-6-9-13-12;;/h12-13H,3-11H2,1-2H3;2*1H. The molecule has 1 rings (SSSR count). The average Bonchev–Trinajstić information content (AvgIpc) is 2.25. The molecule has 0 aromatic rings. The molecule has 0 bridgehead atoms. The molecule has 100 valence electrons. The first kappa shape index (κ1) is 18.9. The maximum absolute atomic E-state index is 3.60. The van der Waals surface area contributed by atoms with Crippen LogP contribution in [0.15, 0.2) is 0 Å². The van der Waals surface area contributed by atoms with Crippen molar-refractivity contribution in [1.29, 1.82) is 0 Å². The van der Waals surface area contributed by atoms with Gasteiger partial charge in [-0.3, -0.25) is 0 Å². The number of hydrogen-bond donors (Lipinski definition) is 1. The van der Waals surface area contributed by atoms with E-state index in [2.05, 4.69) is 24.2 Å². The van der Waals surface area contributed by atoms with Crippen molar-refractivity contribution >= 4 is 24.8 Å². The van der Waals surface area contributed by atoms with Crippen molar-refractivity contribution in [2.75, 3.05) is 26.7 Å². The van der Waals surface area contributed by atoms with Gasteiger partial charge in [-0.2, -0.15) is 0 Å². The van der Waals surface area contributed by atoms with E-state index in [0.717, 1.165) is 6.04 Å². The first-order valence-corrected chi connectivity index (χ1v) is 6.25. The van der Waals surface area contributed by atoms with Gasteiger partial charge in [0.2, 0.25) is 0 Å². The number of piperidine rings is 1. The van der Waals surface area contributed by atoms with Gasteiger partial charge in [0.15, 0.2) is 0 Å². The molecule has 1 N–H and O–H groups in total. The highest BCUT2D eigenvalue weighted by Gasteiger charge is 2.12. The van der Waals surface area contributed by atoms with Crippen LogP contribution < -0.4 is 5.32 Å². The number of nitrogens with zero attached hydrogens (tertiary/aromatic N) is 1. The van der Waals surface area contributed by atoms with Crippen molar-refractivity contribution in [2.45, 2.75) is 51.5 Å². The highest BCUT2D eigenvalue weighted by atomic mass is 35.5. The van der Waals surface area contributed by atoms with Crippen molar-refractivity contribution < 1.29 is 0 Å². The summed E-state index contributed by atoms with van der Waals surface area (Å²) >= 11 is 0. The van der Waals surface area contributed by atoms with E-state index in [1.54, 1.807) is 0 Å². The van der Waals surface area contributed by atoms with Gasteiger partial charge < -0.3 is 10.2 Å². The van der Waals surface area contributed by atoms with Gasteiger partial charge in [-0.25, -0.2) is 0 Å². The van der Waals surface area contributed by atoms with Crippen molar-refractivity contribution in [2.24, 2.45) is 0 Å². The highest BCUT2D eigenvalue weighted by Crippen LogP contribution is 2.10. The molecule has 0 aromatic carbocycles. The lowest BCUT2D eigenvalue weighted by molar-refractivity contribution is 0.284. The van der Waals surface area contributed by atoms with Gasteiger partial charge in [-0.05, 0) is 52.4 Å². The predicted molar refractivity (Wildman–Crippen MR) is 77.2 cm³/mol. The third-order valence-electron chi connectivity index (χ3n) is 3.17. The van der Waals surface area contributed by atoms with Gasteiger partial charge >= 0.3 is 0 Å². The first-order valence-electron chi connectivity index (χ1n) is 6.25. The summed E-state index contributed by atoms with van der Waals surface area (Å²) in [6, 6.07) is 0.799. The Balaban J connectivity index is 0. The number of unbranched alkanes of at least 4 members (excludes halogenated alkanes) is 1. The molecule has 1 heterocycles. The average molecular weight is 271 g/mol. The summed E-state index contributed by atoms with van der Waals surface area (Å²) in [5.41, 5.74) is 0. The molecule has 0 saturated carbocycles. The minimum atomic E-state index is 0. The van der Waals surface area contributed by atoms with E-state index in [0.29, 0.717) is 0 Å². The lowest BCUT2D eigenvalue weighted by Gasteiger charge is -2.25. The van der Waals surface area contributed by atoms with Crippen LogP contribution in [-0.4, -0.2) is 37.6 Å². The van der Waals surface area contributed by atoms with E-state index >= 15 is 0 Å². The summed E-state index contributed by atoms with van der Waals surface area (Å²) in [7, 11) is 2.25.